The Morgan fingerprint density at radius 1 is 0.921 bits per heavy atom. The summed E-state index contributed by atoms with van der Waals surface area (Å²) in [5.74, 6) is -1.86. The molecule has 0 bridgehead atoms. The summed E-state index contributed by atoms with van der Waals surface area (Å²) >= 11 is 0. The van der Waals surface area contributed by atoms with Crippen LogP contribution in [0.5, 0.6) is 0 Å². The van der Waals surface area contributed by atoms with Crippen LogP contribution < -0.4 is 10.6 Å². The zero-order chi connectivity index (χ0) is 26.9. The fourth-order valence-electron chi connectivity index (χ4n) is 4.44. The van der Waals surface area contributed by atoms with Crippen molar-refractivity contribution >= 4 is 18.0 Å². The van der Waals surface area contributed by atoms with E-state index in [0.29, 0.717) is 0 Å². The van der Waals surface area contributed by atoms with E-state index in [4.69, 9.17) is 9.47 Å². The number of carbonyl (C=O) groups is 3. The lowest BCUT2D eigenvalue weighted by molar-refractivity contribution is -0.145. The minimum atomic E-state index is -1.23. The van der Waals surface area contributed by atoms with Gasteiger partial charge in [0.25, 0.3) is 0 Å². The zero-order valence-electron chi connectivity index (χ0n) is 21.0. The van der Waals surface area contributed by atoms with Crippen molar-refractivity contribution in [2.75, 3.05) is 13.2 Å². The number of amides is 2. The lowest BCUT2D eigenvalue weighted by atomic mass is 9.98. The fraction of sp³-hybridized carbons (Fsp3) is 0.233. The molecule has 8 nitrogen and oxygen atoms in total. The Morgan fingerprint density at radius 2 is 1.53 bits per heavy atom. The van der Waals surface area contributed by atoms with Gasteiger partial charge in [0.2, 0.25) is 5.91 Å². The molecule has 0 spiro atoms. The second kappa shape index (κ2) is 12.7. The Balaban J connectivity index is 1.21. The third-order valence-electron chi connectivity index (χ3n) is 6.37. The Bertz CT molecular complexity index is 1260. The molecule has 0 saturated heterocycles. The summed E-state index contributed by atoms with van der Waals surface area (Å²) in [6.45, 7) is 2.04. The molecule has 38 heavy (non-hydrogen) atoms. The summed E-state index contributed by atoms with van der Waals surface area (Å²) in [6, 6.07) is 24.2. The number of carboxylic acid groups (broad SMARTS) is 1. The molecule has 3 aromatic carbocycles. The number of hydrogen-bond donors (Lipinski definition) is 3. The standard InChI is InChI=1S/C30H30N2O6/c1-20(37-18-21-10-3-2-4-11-21)28(29(34)35)32-27(33)16-9-17-31-30(36)38-19-26-24-14-7-5-12-22(24)23-13-6-8-15-25(23)26/h2-16,20,26,28H,17-19H2,1H3,(H,31,36)(H,32,33)(H,34,35)/b16-9+/t20-,28+/m0/s1. The van der Waals surface area contributed by atoms with Gasteiger partial charge in [0.05, 0.1) is 12.7 Å². The van der Waals surface area contributed by atoms with Crippen molar-refractivity contribution in [3.05, 3.63) is 108 Å². The Labute approximate surface area is 221 Å². The highest BCUT2D eigenvalue weighted by molar-refractivity contribution is 5.91. The third-order valence-corrected chi connectivity index (χ3v) is 6.37. The molecule has 1 aliphatic carbocycles. The Hall–Kier alpha value is -4.43. The average Bonchev–Trinajstić information content (AvgIpc) is 3.25. The maximum atomic E-state index is 12.3. The van der Waals surface area contributed by atoms with Crippen LogP contribution in [0.4, 0.5) is 4.79 Å². The zero-order valence-corrected chi connectivity index (χ0v) is 21.0. The molecular formula is C30H30N2O6. The van der Waals surface area contributed by atoms with Gasteiger partial charge in [-0.25, -0.2) is 9.59 Å². The van der Waals surface area contributed by atoms with E-state index in [0.717, 1.165) is 27.8 Å². The molecule has 2 amide bonds. The van der Waals surface area contributed by atoms with Gasteiger partial charge in [-0.2, -0.15) is 0 Å². The Morgan fingerprint density at radius 3 is 2.16 bits per heavy atom. The molecule has 0 aromatic heterocycles. The summed E-state index contributed by atoms with van der Waals surface area (Å²) in [4.78, 5) is 36.2. The number of hydrogen-bond acceptors (Lipinski definition) is 5. The van der Waals surface area contributed by atoms with Crippen molar-refractivity contribution in [3.8, 4) is 11.1 Å². The van der Waals surface area contributed by atoms with Crippen molar-refractivity contribution in [2.45, 2.75) is 31.6 Å². The molecule has 8 heteroatoms. The molecule has 1 aliphatic rings. The molecule has 0 aliphatic heterocycles. The number of nitrogens with one attached hydrogen (secondary N) is 2. The smallest absolute Gasteiger partial charge is 0.407 e. The summed E-state index contributed by atoms with van der Waals surface area (Å²) in [5, 5.41) is 14.5. The first-order chi connectivity index (χ1) is 18.4. The van der Waals surface area contributed by atoms with Gasteiger partial charge in [0.1, 0.15) is 6.61 Å². The number of carbonyl (C=O) groups excluding carboxylic acids is 2. The highest BCUT2D eigenvalue weighted by atomic mass is 16.5. The van der Waals surface area contributed by atoms with Crippen LogP contribution >= 0.6 is 0 Å². The lowest BCUT2D eigenvalue weighted by Gasteiger charge is -2.21. The minimum Gasteiger partial charge on any atom is -0.480 e. The fourth-order valence-corrected chi connectivity index (χ4v) is 4.44. The maximum Gasteiger partial charge on any atom is 0.407 e. The van der Waals surface area contributed by atoms with Gasteiger partial charge in [-0.1, -0.05) is 84.9 Å². The van der Waals surface area contributed by atoms with E-state index in [1.54, 1.807) is 6.92 Å². The van der Waals surface area contributed by atoms with Gasteiger partial charge in [-0.05, 0) is 34.7 Å². The quantitative estimate of drug-likeness (QED) is 0.330. The summed E-state index contributed by atoms with van der Waals surface area (Å²) in [5.41, 5.74) is 5.42. The number of benzene rings is 3. The van der Waals surface area contributed by atoms with E-state index < -0.39 is 30.1 Å². The normalized spacial score (nSPS) is 13.8. The van der Waals surface area contributed by atoms with Crippen LogP contribution in [0, 0.1) is 0 Å². The molecular weight excluding hydrogens is 484 g/mol. The molecule has 0 radical (unpaired) electrons. The van der Waals surface area contributed by atoms with Crippen LogP contribution in [-0.4, -0.2) is 48.4 Å². The maximum absolute atomic E-state index is 12.3. The van der Waals surface area contributed by atoms with Crippen LogP contribution in [0.3, 0.4) is 0 Å². The first kappa shape index (κ1) is 26.6. The van der Waals surface area contributed by atoms with Gasteiger partial charge in [0, 0.05) is 18.5 Å². The lowest BCUT2D eigenvalue weighted by Crippen LogP contribution is -2.48. The monoisotopic (exact) mass is 514 g/mol. The predicted octanol–water partition coefficient (Wildman–Crippen LogP) is 4.26. The second-order valence-corrected chi connectivity index (χ2v) is 8.94. The van der Waals surface area contributed by atoms with Crippen LogP contribution in [0.25, 0.3) is 11.1 Å². The van der Waals surface area contributed by atoms with Crippen molar-refractivity contribution in [3.63, 3.8) is 0 Å². The molecule has 4 rings (SSSR count). The van der Waals surface area contributed by atoms with Crippen LogP contribution in [-0.2, 0) is 25.7 Å². The third kappa shape index (κ3) is 6.66. The number of rotatable bonds is 11. The minimum absolute atomic E-state index is 0.0435. The highest BCUT2D eigenvalue weighted by Crippen LogP contribution is 2.44. The van der Waals surface area contributed by atoms with Gasteiger partial charge < -0.3 is 25.2 Å². The number of ether oxygens (including phenoxy) is 2. The van der Waals surface area contributed by atoms with Crippen LogP contribution in [0.2, 0.25) is 0 Å². The van der Waals surface area contributed by atoms with Gasteiger partial charge in [0.15, 0.2) is 6.04 Å². The Kier molecular flexibility index (Phi) is 8.89. The molecule has 3 aromatic rings. The first-order valence-corrected chi connectivity index (χ1v) is 12.4. The molecule has 2 atom stereocenters. The van der Waals surface area contributed by atoms with Gasteiger partial charge in [-0.15, -0.1) is 0 Å². The first-order valence-electron chi connectivity index (χ1n) is 12.4. The van der Waals surface area contributed by atoms with Crippen molar-refractivity contribution < 1.29 is 29.0 Å². The number of fused-ring (bicyclic) bond motifs is 3. The summed E-state index contributed by atoms with van der Waals surface area (Å²) < 4.78 is 11.1. The number of aliphatic carboxylic acids is 1. The number of carboxylic acids is 1. The largest absolute Gasteiger partial charge is 0.480 e. The van der Waals surface area contributed by atoms with E-state index in [9.17, 15) is 19.5 Å². The highest BCUT2D eigenvalue weighted by Gasteiger charge is 2.29. The van der Waals surface area contributed by atoms with Crippen molar-refractivity contribution in [1.82, 2.24) is 10.6 Å². The van der Waals surface area contributed by atoms with E-state index in [1.165, 1.54) is 12.2 Å². The van der Waals surface area contributed by atoms with Crippen molar-refractivity contribution in [1.29, 1.82) is 0 Å². The SMILES string of the molecule is C[C@H](OCc1ccccc1)[C@@H](NC(=O)/C=C/CNC(=O)OCC1c2ccccc2-c2ccccc21)C(=O)O. The van der Waals surface area contributed by atoms with Crippen LogP contribution in [0.1, 0.15) is 29.5 Å². The van der Waals surface area contributed by atoms with Crippen molar-refractivity contribution in [2.24, 2.45) is 0 Å². The van der Waals surface area contributed by atoms with Gasteiger partial charge >= 0.3 is 12.1 Å². The van der Waals surface area contributed by atoms with E-state index in [-0.39, 0.29) is 25.7 Å². The van der Waals surface area contributed by atoms with Gasteiger partial charge in [-0.3, -0.25) is 4.79 Å². The average molecular weight is 515 g/mol. The van der Waals surface area contributed by atoms with Crippen LogP contribution in [0.15, 0.2) is 91.0 Å². The molecule has 0 unspecified atom stereocenters. The number of alkyl carbamates (subject to hydrolysis) is 1. The predicted molar refractivity (Wildman–Crippen MR) is 142 cm³/mol. The summed E-state index contributed by atoms with van der Waals surface area (Å²) in [7, 11) is 0. The molecule has 0 heterocycles. The summed E-state index contributed by atoms with van der Waals surface area (Å²) in [6.07, 6.45) is 1.22. The molecule has 0 fully saturated rings. The molecule has 196 valence electrons. The van der Waals surface area contributed by atoms with E-state index in [2.05, 4.69) is 22.8 Å². The van der Waals surface area contributed by atoms with E-state index in [1.807, 2.05) is 66.7 Å². The second-order valence-electron chi connectivity index (χ2n) is 8.94. The van der Waals surface area contributed by atoms with E-state index >= 15 is 0 Å². The topological polar surface area (TPSA) is 114 Å². The molecule has 3 N–H and O–H groups in total. The molecule has 0 saturated carbocycles.